The lowest BCUT2D eigenvalue weighted by Gasteiger charge is -2.29. The maximum atomic E-state index is 14.1. The quantitative estimate of drug-likeness (QED) is 0.425. The van der Waals surface area contributed by atoms with Crippen molar-refractivity contribution in [3.05, 3.63) is 64.9 Å². The molecule has 4 nitrogen and oxygen atoms in total. The molecular weight excluding hydrogens is 411 g/mol. The van der Waals surface area contributed by atoms with Crippen molar-refractivity contribution in [2.75, 3.05) is 12.3 Å². The normalized spacial score (nSPS) is 11.7. The molecule has 1 atom stereocenters. The molecule has 1 N–H and O–H groups in total. The molecule has 0 bridgehead atoms. The van der Waals surface area contributed by atoms with E-state index in [1.165, 1.54) is 11.0 Å². The second-order valence-corrected chi connectivity index (χ2v) is 8.19. The van der Waals surface area contributed by atoms with Crippen LogP contribution in [-0.4, -0.2) is 35.1 Å². The van der Waals surface area contributed by atoms with Crippen LogP contribution in [0.4, 0.5) is 4.39 Å². The van der Waals surface area contributed by atoms with Crippen LogP contribution in [0.2, 0.25) is 5.02 Å². The number of thioether (sulfide) groups is 1. The fraction of sp³-hybridized carbons (Fsp3) is 0.364. The predicted octanol–water partition coefficient (Wildman–Crippen LogP) is 4.90. The molecule has 0 spiro atoms. The van der Waals surface area contributed by atoms with Crippen LogP contribution in [0.3, 0.4) is 0 Å². The Morgan fingerprint density at radius 3 is 2.52 bits per heavy atom. The van der Waals surface area contributed by atoms with E-state index in [1.807, 2.05) is 31.2 Å². The standard InChI is InChI=1S/C22H26ClFN2O2S/c1-3-25-22(28)16(2)26(15-17-7-4-5-8-20(17)24)21(27)9-6-14-29-19-12-10-18(23)11-13-19/h4-5,7-8,10-13,16H,3,6,9,14-15H2,1-2H3,(H,25,28)/t16-/m0/s1. The molecule has 2 amide bonds. The second kappa shape index (κ2) is 11.8. The van der Waals surface area contributed by atoms with Crippen molar-refractivity contribution in [2.45, 2.75) is 44.2 Å². The van der Waals surface area contributed by atoms with Crippen molar-refractivity contribution >= 4 is 35.2 Å². The molecule has 29 heavy (non-hydrogen) atoms. The van der Waals surface area contributed by atoms with Gasteiger partial charge in [-0.25, -0.2) is 4.39 Å². The van der Waals surface area contributed by atoms with Gasteiger partial charge in [0.1, 0.15) is 11.9 Å². The molecule has 0 unspecified atom stereocenters. The predicted molar refractivity (Wildman–Crippen MR) is 117 cm³/mol. The molecule has 0 aromatic heterocycles. The summed E-state index contributed by atoms with van der Waals surface area (Å²) in [7, 11) is 0. The molecule has 0 saturated heterocycles. The van der Waals surface area contributed by atoms with E-state index < -0.39 is 6.04 Å². The number of nitrogens with one attached hydrogen (secondary N) is 1. The first-order chi connectivity index (χ1) is 13.9. The lowest BCUT2D eigenvalue weighted by atomic mass is 10.1. The van der Waals surface area contributed by atoms with Gasteiger partial charge in [-0.2, -0.15) is 0 Å². The van der Waals surface area contributed by atoms with Crippen LogP contribution >= 0.6 is 23.4 Å². The largest absolute Gasteiger partial charge is 0.355 e. The summed E-state index contributed by atoms with van der Waals surface area (Å²) in [5, 5.41) is 3.42. The van der Waals surface area contributed by atoms with Crippen LogP contribution < -0.4 is 5.32 Å². The minimum absolute atomic E-state index is 0.0636. The van der Waals surface area contributed by atoms with E-state index in [1.54, 1.807) is 36.9 Å². The smallest absolute Gasteiger partial charge is 0.242 e. The number of likely N-dealkylation sites (N-methyl/N-ethyl adjacent to an activating group) is 1. The topological polar surface area (TPSA) is 49.4 Å². The number of amides is 2. The van der Waals surface area contributed by atoms with Gasteiger partial charge < -0.3 is 10.2 Å². The molecule has 0 aliphatic rings. The Kier molecular flexibility index (Phi) is 9.48. The van der Waals surface area contributed by atoms with Gasteiger partial charge in [-0.1, -0.05) is 29.8 Å². The van der Waals surface area contributed by atoms with E-state index in [0.717, 1.165) is 10.6 Å². The second-order valence-electron chi connectivity index (χ2n) is 6.59. The van der Waals surface area contributed by atoms with Crippen molar-refractivity contribution in [3.8, 4) is 0 Å². The summed E-state index contributed by atoms with van der Waals surface area (Å²) in [5.74, 6) is -0.0284. The van der Waals surface area contributed by atoms with E-state index in [2.05, 4.69) is 5.32 Å². The molecular formula is C22H26ClFN2O2S. The number of nitrogens with zero attached hydrogens (tertiary/aromatic N) is 1. The van der Waals surface area contributed by atoms with Crippen LogP contribution in [0.15, 0.2) is 53.4 Å². The van der Waals surface area contributed by atoms with Crippen molar-refractivity contribution < 1.29 is 14.0 Å². The van der Waals surface area contributed by atoms with Gasteiger partial charge in [0.25, 0.3) is 0 Å². The zero-order valence-electron chi connectivity index (χ0n) is 16.7. The highest BCUT2D eigenvalue weighted by atomic mass is 35.5. The average Bonchev–Trinajstić information content (AvgIpc) is 2.71. The number of hydrogen-bond donors (Lipinski definition) is 1. The van der Waals surface area contributed by atoms with Crippen LogP contribution in [0, 0.1) is 5.82 Å². The maximum absolute atomic E-state index is 14.1. The summed E-state index contributed by atoms with van der Waals surface area (Å²) in [6, 6.07) is 13.2. The Hall–Kier alpha value is -2.05. The van der Waals surface area contributed by atoms with Gasteiger partial charge in [-0.05, 0) is 56.4 Å². The van der Waals surface area contributed by atoms with Gasteiger partial charge in [0, 0.05) is 35.0 Å². The van der Waals surface area contributed by atoms with Gasteiger partial charge >= 0.3 is 0 Å². The van der Waals surface area contributed by atoms with Gasteiger partial charge in [0.2, 0.25) is 11.8 Å². The molecule has 2 rings (SSSR count). The first-order valence-corrected chi connectivity index (χ1v) is 11.0. The van der Waals surface area contributed by atoms with E-state index in [9.17, 15) is 14.0 Å². The minimum atomic E-state index is -0.675. The van der Waals surface area contributed by atoms with E-state index in [0.29, 0.717) is 30.0 Å². The number of rotatable bonds is 10. The van der Waals surface area contributed by atoms with Crippen molar-refractivity contribution in [1.82, 2.24) is 10.2 Å². The molecule has 0 radical (unpaired) electrons. The van der Waals surface area contributed by atoms with E-state index >= 15 is 0 Å². The Morgan fingerprint density at radius 1 is 1.17 bits per heavy atom. The third-order valence-electron chi connectivity index (χ3n) is 4.43. The Labute approximate surface area is 180 Å². The van der Waals surface area contributed by atoms with Crippen LogP contribution in [0.25, 0.3) is 0 Å². The Morgan fingerprint density at radius 2 is 1.86 bits per heavy atom. The minimum Gasteiger partial charge on any atom is -0.355 e. The van der Waals surface area contributed by atoms with E-state index in [-0.39, 0.29) is 24.2 Å². The number of benzene rings is 2. The van der Waals surface area contributed by atoms with Gasteiger partial charge in [-0.15, -0.1) is 11.8 Å². The van der Waals surface area contributed by atoms with Crippen molar-refractivity contribution in [3.63, 3.8) is 0 Å². The fourth-order valence-corrected chi connectivity index (χ4v) is 3.78. The third-order valence-corrected chi connectivity index (χ3v) is 5.78. The van der Waals surface area contributed by atoms with Gasteiger partial charge in [-0.3, -0.25) is 9.59 Å². The lowest BCUT2D eigenvalue weighted by Crippen LogP contribution is -2.47. The number of carbonyl (C=O) groups excluding carboxylic acids is 2. The van der Waals surface area contributed by atoms with Gasteiger partial charge in [0.05, 0.1) is 0 Å². The van der Waals surface area contributed by atoms with E-state index in [4.69, 9.17) is 11.6 Å². The summed E-state index contributed by atoms with van der Waals surface area (Å²) < 4.78 is 14.1. The summed E-state index contributed by atoms with van der Waals surface area (Å²) >= 11 is 7.53. The van der Waals surface area contributed by atoms with Crippen LogP contribution in [0.1, 0.15) is 32.3 Å². The summed E-state index contributed by atoms with van der Waals surface area (Å²) in [5.41, 5.74) is 0.396. The summed E-state index contributed by atoms with van der Waals surface area (Å²) in [6.07, 6.45) is 0.945. The molecule has 7 heteroatoms. The van der Waals surface area contributed by atoms with Crippen molar-refractivity contribution in [2.24, 2.45) is 0 Å². The highest BCUT2D eigenvalue weighted by Crippen LogP contribution is 2.22. The third kappa shape index (κ3) is 7.37. The highest BCUT2D eigenvalue weighted by molar-refractivity contribution is 7.99. The van der Waals surface area contributed by atoms with Crippen LogP contribution in [-0.2, 0) is 16.1 Å². The highest BCUT2D eigenvalue weighted by Gasteiger charge is 2.26. The molecule has 0 fully saturated rings. The lowest BCUT2D eigenvalue weighted by molar-refractivity contribution is -0.140. The SMILES string of the molecule is CCNC(=O)[C@H](C)N(Cc1ccccc1F)C(=O)CCCSc1ccc(Cl)cc1. The molecule has 156 valence electrons. The first kappa shape index (κ1) is 23.2. The number of carbonyl (C=O) groups is 2. The molecule has 2 aromatic carbocycles. The van der Waals surface area contributed by atoms with Gasteiger partial charge in [0.15, 0.2) is 0 Å². The number of hydrogen-bond acceptors (Lipinski definition) is 3. The zero-order chi connectivity index (χ0) is 21.2. The molecule has 0 aliphatic carbocycles. The molecule has 0 aliphatic heterocycles. The number of halogens is 2. The molecule has 0 saturated carbocycles. The summed E-state index contributed by atoms with van der Waals surface area (Å²) in [6.45, 7) is 4.03. The van der Waals surface area contributed by atoms with Crippen LogP contribution in [0.5, 0.6) is 0 Å². The maximum Gasteiger partial charge on any atom is 0.242 e. The van der Waals surface area contributed by atoms with Crippen molar-refractivity contribution in [1.29, 1.82) is 0 Å². The molecule has 0 heterocycles. The monoisotopic (exact) mass is 436 g/mol. The average molecular weight is 437 g/mol. The fourth-order valence-electron chi connectivity index (χ4n) is 2.80. The summed E-state index contributed by atoms with van der Waals surface area (Å²) in [4.78, 5) is 27.7. The first-order valence-electron chi connectivity index (χ1n) is 9.61. The Bertz CT molecular complexity index is 817. The molecule has 2 aromatic rings. The zero-order valence-corrected chi connectivity index (χ0v) is 18.2. The Balaban J connectivity index is 1.98.